The average molecular weight is 279 g/mol. The highest BCUT2D eigenvalue weighted by Gasteiger charge is 2.24. The smallest absolute Gasteiger partial charge is 0.161 e. The summed E-state index contributed by atoms with van der Waals surface area (Å²) in [6, 6.07) is 8.80. The molecule has 0 amide bonds. The van der Waals surface area contributed by atoms with Crippen molar-refractivity contribution in [2.45, 2.75) is 44.9 Å². The minimum absolute atomic E-state index is 0.771. The van der Waals surface area contributed by atoms with Crippen molar-refractivity contribution in [1.29, 1.82) is 0 Å². The summed E-state index contributed by atoms with van der Waals surface area (Å²) in [4.78, 5) is 9.64. The molecule has 2 aliphatic rings. The van der Waals surface area contributed by atoms with Crippen LogP contribution in [0.15, 0.2) is 24.3 Å². The Bertz CT molecular complexity index is 674. The van der Waals surface area contributed by atoms with Gasteiger partial charge >= 0.3 is 0 Å². The maximum Gasteiger partial charge on any atom is 0.161 e. The molecule has 108 valence electrons. The second kappa shape index (κ2) is 5.14. The molecule has 1 fully saturated rings. The van der Waals surface area contributed by atoms with Crippen LogP contribution in [0.2, 0.25) is 0 Å². The molecule has 1 aromatic heterocycles. The zero-order valence-electron chi connectivity index (χ0n) is 12.5. The molecule has 3 heteroatoms. The SMILES string of the molecule is CCNc1nc(-c2cccc(C3CC3)c2)nc2c1CCC2. The van der Waals surface area contributed by atoms with Crippen LogP contribution in [0.1, 0.15) is 48.9 Å². The minimum Gasteiger partial charge on any atom is -0.370 e. The molecule has 0 bridgehead atoms. The molecule has 0 aliphatic heterocycles. The molecule has 0 radical (unpaired) electrons. The number of benzene rings is 1. The van der Waals surface area contributed by atoms with E-state index in [1.165, 1.54) is 36.1 Å². The molecule has 1 aromatic carbocycles. The molecule has 1 saturated carbocycles. The van der Waals surface area contributed by atoms with Gasteiger partial charge in [0, 0.05) is 23.4 Å². The first-order chi connectivity index (χ1) is 10.3. The third-order valence-corrected chi connectivity index (χ3v) is 4.47. The third kappa shape index (κ3) is 2.41. The Morgan fingerprint density at radius 3 is 2.90 bits per heavy atom. The van der Waals surface area contributed by atoms with Gasteiger partial charge in [-0.25, -0.2) is 9.97 Å². The van der Waals surface area contributed by atoms with E-state index in [0.29, 0.717) is 0 Å². The highest BCUT2D eigenvalue weighted by atomic mass is 15.0. The largest absolute Gasteiger partial charge is 0.370 e. The molecular weight excluding hydrogens is 258 g/mol. The summed E-state index contributed by atoms with van der Waals surface area (Å²) in [5.74, 6) is 2.70. The van der Waals surface area contributed by atoms with E-state index in [9.17, 15) is 0 Å². The number of aryl methyl sites for hydroxylation is 1. The Kier molecular flexibility index (Phi) is 3.13. The van der Waals surface area contributed by atoms with Crippen molar-refractivity contribution in [3.8, 4) is 11.4 Å². The van der Waals surface area contributed by atoms with Crippen LogP contribution in [-0.2, 0) is 12.8 Å². The number of nitrogens with zero attached hydrogens (tertiary/aromatic N) is 2. The predicted octanol–water partition coefficient (Wildman–Crippen LogP) is 3.94. The minimum atomic E-state index is 0.771. The lowest BCUT2D eigenvalue weighted by Crippen LogP contribution is -2.06. The summed E-state index contributed by atoms with van der Waals surface area (Å²) in [6.07, 6.45) is 6.06. The monoisotopic (exact) mass is 279 g/mol. The summed E-state index contributed by atoms with van der Waals surface area (Å²) in [5, 5.41) is 3.42. The number of aromatic nitrogens is 2. The van der Waals surface area contributed by atoms with Crippen molar-refractivity contribution in [3.63, 3.8) is 0 Å². The molecule has 3 nitrogen and oxygen atoms in total. The normalized spacial score (nSPS) is 16.8. The van der Waals surface area contributed by atoms with Gasteiger partial charge < -0.3 is 5.32 Å². The fourth-order valence-corrected chi connectivity index (χ4v) is 3.22. The van der Waals surface area contributed by atoms with Crippen LogP contribution in [0.25, 0.3) is 11.4 Å². The van der Waals surface area contributed by atoms with E-state index >= 15 is 0 Å². The van der Waals surface area contributed by atoms with Crippen molar-refractivity contribution < 1.29 is 0 Å². The van der Waals surface area contributed by atoms with Crippen molar-refractivity contribution in [1.82, 2.24) is 9.97 Å². The van der Waals surface area contributed by atoms with Crippen molar-refractivity contribution in [2.75, 3.05) is 11.9 Å². The Balaban J connectivity index is 1.77. The van der Waals surface area contributed by atoms with Crippen molar-refractivity contribution >= 4 is 5.82 Å². The zero-order chi connectivity index (χ0) is 14.2. The summed E-state index contributed by atoms with van der Waals surface area (Å²) < 4.78 is 0. The molecular formula is C18H21N3. The molecule has 1 heterocycles. The van der Waals surface area contributed by atoms with Gasteiger partial charge in [-0.15, -0.1) is 0 Å². The number of nitrogens with one attached hydrogen (secondary N) is 1. The van der Waals surface area contributed by atoms with Crippen LogP contribution in [0, 0.1) is 0 Å². The lowest BCUT2D eigenvalue weighted by Gasteiger charge is -2.11. The van der Waals surface area contributed by atoms with E-state index in [2.05, 4.69) is 36.5 Å². The van der Waals surface area contributed by atoms with E-state index in [4.69, 9.17) is 9.97 Å². The van der Waals surface area contributed by atoms with Crippen molar-refractivity contribution in [3.05, 3.63) is 41.1 Å². The van der Waals surface area contributed by atoms with Crippen LogP contribution in [0.3, 0.4) is 0 Å². The Hall–Kier alpha value is -1.90. The van der Waals surface area contributed by atoms with Gasteiger partial charge in [-0.3, -0.25) is 0 Å². The maximum atomic E-state index is 4.84. The number of hydrogen-bond acceptors (Lipinski definition) is 3. The van der Waals surface area contributed by atoms with E-state index in [1.807, 2.05) is 0 Å². The molecule has 0 unspecified atom stereocenters. The third-order valence-electron chi connectivity index (χ3n) is 4.47. The lowest BCUT2D eigenvalue weighted by atomic mass is 10.1. The van der Waals surface area contributed by atoms with Crippen LogP contribution in [0.5, 0.6) is 0 Å². The fraction of sp³-hybridized carbons (Fsp3) is 0.444. The summed E-state index contributed by atoms with van der Waals surface area (Å²) >= 11 is 0. The van der Waals surface area contributed by atoms with Crippen LogP contribution in [0.4, 0.5) is 5.82 Å². The molecule has 0 saturated heterocycles. The van der Waals surface area contributed by atoms with Gasteiger partial charge in [0.05, 0.1) is 0 Å². The number of anilines is 1. The van der Waals surface area contributed by atoms with Gasteiger partial charge in [-0.1, -0.05) is 18.2 Å². The highest BCUT2D eigenvalue weighted by molar-refractivity contribution is 5.61. The van der Waals surface area contributed by atoms with Gasteiger partial charge in [0.2, 0.25) is 0 Å². The lowest BCUT2D eigenvalue weighted by molar-refractivity contribution is 0.900. The van der Waals surface area contributed by atoms with Gasteiger partial charge in [0.15, 0.2) is 5.82 Å². The standard InChI is InChI=1S/C18H21N3/c1-2-19-18-15-7-4-8-16(15)20-17(21-18)14-6-3-5-13(11-14)12-9-10-12/h3,5-6,11-12H,2,4,7-10H2,1H3,(H,19,20,21). The second-order valence-electron chi connectivity index (χ2n) is 6.10. The van der Waals surface area contributed by atoms with Gasteiger partial charge in [-0.05, 0) is 56.6 Å². The number of rotatable bonds is 4. The first-order valence-corrected chi connectivity index (χ1v) is 8.09. The Morgan fingerprint density at radius 2 is 2.10 bits per heavy atom. The first kappa shape index (κ1) is 12.8. The molecule has 2 aliphatic carbocycles. The quantitative estimate of drug-likeness (QED) is 0.921. The van der Waals surface area contributed by atoms with Crippen LogP contribution >= 0.6 is 0 Å². The van der Waals surface area contributed by atoms with Gasteiger partial charge in [0.25, 0.3) is 0 Å². The highest BCUT2D eigenvalue weighted by Crippen LogP contribution is 2.41. The number of hydrogen-bond donors (Lipinski definition) is 1. The average Bonchev–Trinajstić information content (AvgIpc) is 3.25. The molecule has 4 rings (SSSR count). The number of fused-ring (bicyclic) bond motifs is 1. The summed E-state index contributed by atoms with van der Waals surface area (Å²) in [5.41, 5.74) is 5.18. The molecule has 2 aromatic rings. The Morgan fingerprint density at radius 1 is 1.19 bits per heavy atom. The van der Waals surface area contributed by atoms with E-state index in [0.717, 1.165) is 42.5 Å². The van der Waals surface area contributed by atoms with Crippen LogP contribution in [-0.4, -0.2) is 16.5 Å². The molecule has 21 heavy (non-hydrogen) atoms. The van der Waals surface area contributed by atoms with E-state index in [-0.39, 0.29) is 0 Å². The topological polar surface area (TPSA) is 37.8 Å². The molecule has 1 N–H and O–H groups in total. The predicted molar refractivity (Wildman–Crippen MR) is 85.6 cm³/mol. The Labute approximate surface area is 125 Å². The fourth-order valence-electron chi connectivity index (χ4n) is 3.22. The summed E-state index contributed by atoms with van der Waals surface area (Å²) in [7, 11) is 0. The first-order valence-electron chi connectivity index (χ1n) is 8.09. The van der Waals surface area contributed by atoms with E-state index in [1.54, 1.807) is 0 Å². The molecule has 0 spiro atoms. The van der Waals surface area contributed by atoms with Gasteiger partial charge in [0.1, 0.15) is 5.82 Å². The molecule has 0 atom stereocenters. The van der Waals surface area contributed by atoms with Gasteiger partial charge in [-0.2, -0.15) is 0 Å². The maximum absolute atomic E-state index is 4.84. The van der Waals surface area contributed by atoms with Crippen LogP contribution < -0.4 is 5.32 Å². The second-order valence-corrected chi connectivity index (χ2v) is 6.10. The van der Waals surface area contributed by atoms with Crippen molar-refractivity contribution in [2.24, 2.45) is 0 Å². The zero-order valence-corrected chi connectivity index (χ0v) is 12.5. The summed E-state index contributed by atoms with van der Waals surface area (Å²) in [6.45, 7) is 3.03. The van der Waals surface area contributed by atoms with E-state index < -0.39 is 0 Å².